The van der Waals surface area contributed by atoms with E-state index in [0.29, 0.717) is 0 Å². The van der Waals surface area contributed by atoms with Crippen LogP contribution in [0.25, 0.3) is 11.2 Å². The minimum absolute atomic E-state index is 0.0194. The fourth-order valence-electron chi connectivity index (χ4n) is 2.49. The van der Waals surface area contributed by atoms with Gasteiger partial charge in [-0.15, -0.1) is 11.6 Å². The average Bonchev–Trinajstić information content (AvgIpc) is 3.08. The van der Waals surface area contributed by atoms with Crippen molar-refractivity contribution >= 4 is 30.6 Å². The molecule has 0 unspecified atom stereocenters. The predicted octanol–water partition coefficient (Wildman–Crippen LogP) is -1.41. The first-order valence-electron chi connectivity index (χ1n) is 6.94. The second kappa shape index (κ2) is 6.74. The number of hydrogen-bond acceptors (Lipinski definition) is 8. The number of aliphatic hydroxyl groups is 2. The first-order chi connectivity index (χ1) is 11.7. The largest absolute Gasteiger partial charge is 0.469 e. The molecule has 1 fully saturated rings. The summed E-state index contributed by atoms with van der Waals surface area (Å²) in [6.07, 6.45) is -4.16. The Balaban J connectivity index is 1.91. The van der Waals surface area contributed by atoms with E-state index < -0.39 is 44.5 Å². The maximum absolute atomic E-state index is 11.9. The van der Waals surface area contributed by atoms with Gasteiger partial charge >= 0.3 is 7.82 Å². The molecule has 1 aliphatic heterocycles. The number of rotatable bonds is 5. The predicted molar refractivity (Wildman–Crippen MR) is 81.6 cm³/mol. The summed E-state index contributed by atoms with van der Waals surface area (Å²) in [5.74, 6) is 0.113. The zero-order valence-corrected chi connectivity index (χ0v) is 14.0. The summed E-state index contributed by atoms with van der Waals surface area (Å²) >= 11 is 5.66. The van der Waals surface area contributed by atoms with Gasteiger partial charge in [0.15, 0.2) is 17.4 Å². The molecule has 138 valence electrons. The second-order valence-electron chi connectivity index (χ2n) is 5.30. The molecule has 2 aromatic rings. The van der Waals surface area contributed by atoms with Gasteiger partial charge in [-0.1, -0.05) is 0 Å². The molecule has 0 spiro atoms. The highest BCUT2D eigenvalue weighted by Crippen LogP contribution is 2.38. The van der Waals surface area contributed by atoms with E-state index in [-0.39, 0.29) is 22.9 Å². The highest BCUT2D eigenvalue weighted by Gasteiger charge is 2.45. The lowest BCUT2D eigenvalue weighted by atomic mass is 10.1. The quantitative estimate of drug-likeness (QED) is 0.297. The van der Waals surface area contributed by atoms with Gasteiger partial charge in [0.1, 0.15) is 24.1 Å². The summed E-state index contributed by atoms with van der Waals surface area (Å²) in [6, 6.07) is 0. The molecular formula is C11H14ClN4O8P. The number of nitrogens with zero attached hydrogens (tertiary/aromatic N) is 3. The number of ether oxygens (including phenoxy) is 1. The standard InChI is InChI=1S/C11H14ClN4O8P/c12-1-5-14-9-6(10(19)15-5)13-3-16(9)11-8(18)7(17)4(24-11)2-23-25(20,21)22/h3-4,7-8,11,17-18H,1-2H2,(H,14,15,19)(H2,20,21,22)/t4-,7-,8-,11-/m1/s1. The van der Waals surface area contributed by atoms with E-state index >= 15 is 0 Å². The number of H-pyrrole nitrogens is 1. The summed E-state index contributed by atoms with van der Waals surface area (Å²) in [5, 5.41) is 20.2. The van der Waals surface area contributed by atoms with E-state index in [9.17, 15) is 19.6 Å². The van der Waals surface area contributed by atoms with Gasteiger partial charge in [-0.05, 0) is 0 Å². The van der Waals surface area contributed by atoms with Crippen molar-refractivity contribution in [3.05, 3.63) is 22.5 Å². The SMILES string of the molecule is O=c1[nH]c(CCl)nc2c1ncn2[C@@H]1O[C@H](COP(=O)(O)O)[C@@H](O)[C@H]1O. The van der Waals surface area contributed by atoms with Crippen LogP contribution >= 0.6 is 19.4 Å². The van der Waals surface area contributed by atoms with Gasteiger partial charge in [-0.3, -0.25) is 13.9 Å². The Kier molecular flexibility index (Phi) is 4.97. The Labute approximate surface area is 144 Å². The normalized spacial score (nSPS) is 27.2. The molecule has 0 radical (unpaired) electrons. The summed E-state index contributed by atoms with van der Waals surface area (Å²) in [5.41, 5.74) is -0.477. The number of imidazole rings is 1. The number of halogens is 1. The van der Waals surface area contributed by atoms with Crippen molar-refractivity contribution in [3.8, 4) is 0 Å². The van der Waals surface area contributed by atoms with Crippen molar-refractivity contribution in [1.82, 2.24) is 19.5 Å². The second-order valence-corrected chi connectivity index (χ2v) is 6.81. The lowest BCUT2D eigenvalue weighted by Crippen LogP contribution is -2.33. The summed E-state index contributed by atoms with van der Waals surface area (Å²) in [4.78, 5) is 39.8. The van der Waals surface area contributed by atoms with Gasteiger partial charge in [-0.2, -0.15) is 0 Å². The summed E-state index contributed by atoms with van der Waals surface area (Å²) < 4.78 is 21.7. The number of aromatic nitrogens is 4. The van der Waals surface area contributed by atoms with Crippen molar-refractivity contribution in [1.29, 1.82) is 0 Å². The molecule has 0 amide bonds. The maximum atomic E-state index is 11.9. The van der Waals surface area contributed by atoms with Crippen LogP contribution in [0.5, 0.6) is 0 Å². The molecule has 12 nitrogen and oxygen atoms in total. The van der Waals surface area contributed by atoms with Crippen LogP contribution in [-0.4, -0.2) is 64.4 Å². The molecule has 0 aromatic carbocycles. The third kappa shape index (κ3) is 3.61. The molecular weight excluding hydrogens is 383 g/mol. The minimum atomic E-state index is -4.76. The Hall–Kier alpha value is -1.37. The van der Waals surface area contributed by atoms with Crippen molar-refractivity contribution in [2.24, 2.45) is 0 Å². The Bertz CT molecular complexity index is 881. The Morgan fingerprint density at radius 1 is 1.40 bits per heavy atom. The number of hydrogen-bond donors (Lipinski definition) is 5. The van der Waals surface area contributed by atoms with Crippen molar-refractivity contribution in [2.75, 3.05) is 6.61 Å². The highest BCUT2D eigenvalue weighted by molar-refractivity contribution is 7.46. The van der Waals surface area contributed by atoms with Crippen molar-refractivity contribution in [2.45, 2.75) is 30.4 Å². The van der Waals surface area contributed by atoms with E-state index in [2.05, 4.69) is 19.5 Å². The smallest absolute Gasteiger partial charge is 0.387 e. The van der Waals surface area contributed by atoms with E-state index in [1.807, 2.05) is 0 Å². The Morgan fingerprint density at radius 2 is 2.12 bits per heavy atom. The number of alkyl halides is 1. The van der Waals surface area contributed by atoms with Gasteiger partial charge in [0.05, 0.1) is 18.8 Å². The topological polar surface area (TPSA) is 180 Å². The molecule has 0 aliphatic carbocycles. The molecule has 0 saturated carbocycles. The summed E-state index contributed by atoms with van der Waals surface area (Å²) in [6.45, 7) is -0.646. The molecule has 3 heterocycles. The van der Waals surface area contributed by atoms with E-state index in [1.54, 1.807) is 0 Å². The zero-order chi connectivity index (χ0) is 18.4. The van der Waals surface area contributed by atoms with Gasteiger partial charge < -0.3 is 29.7 Å². The van der Waals surface area contributed by atoms with E-state index in [0.717, 1.165) is 0 Å². The number of phosphoric acid groups is 1. The molecule has 3 rings (SSSR count). The molecule has 1 saturated heterocycles. The third-order valence-corrected chi connectivity index (χ3v) is 4.36. The monoisotopic (exact) mass is 396 g/mol. The van der Waals surface area contributed by atoms with Crippen LogP contribution < -0.4 is 5.56 Å². The number of aliphatic hydroxyl groups excluding tert-OH is 2. The van der Waals surface area contributed by atoms with E-state index in [1.165, 1.54) is 10.9 Å². The zero-order valence-electron chi connectivity index (χ0n) is 12.4. The van der Waals surface area contributed by atoms with Gasteiger partial charge in [0.2, 0.25) is 0 Å². The van der Waals surface area contributed by atoms with Gasteiger partial charge in [-0.25, -0.2) is 14.5 Å². The number of phosphoric ester groups is 1. The van der Waals surface area contributed by atoms with Gasteiger partial charge in [0, 0.05) is 0 Å². The molecule has 14 heteroatoms. The van der Waals surface area contributed by atoms with Crippen molar-refractivity contribution in [3.63, 3.8) is 0 Å². The first-order valence-corrected chi connectivity index (χ1v) is 9.01. The van der Waals surface area contributed by atoms with Crippen LogP contribution in [0.3, 0.4) is 0 Å². The number of aromatic amines is 1. The summed E-state index contributed by atoms with van der Waals surface area (Å²) in [7, 11) is -4.76. The van der Waals surface area contributed by atoms with Crippen LogP contribution in [0.4, 0.5) is 0 Å². The molecule has 2 aromatic heterocycles. The highest BCUT2D eigenvalue weighted by atomic mass is 35.5. The molecule has 1 aliphatic rings. The van der Waals surface area contributed by atoms with Crippen LogP contribution in [0.1, 0.15) is 12.1 Å². The third-order valence-electron chi connectivity index (χ3n) is 3.63. The molecule has 0 bridgehead atoms. The van der Waals surface area contributed by atoms with Gasteiger partial charge in [0.25, 0.3) is 5.56 Å². The molecule has 25 heavy (non-hydrogen) atoms. The Morgan fingerprint density at radius 3 is 2.76 bits per heavy atom. The fraction of sp³-hybridized carbons (Fsp3) is 0.545. The molecule has 5 N–H and O–H groups in total. The molecule has 4 atom stereocenters. The van der Waals surface area contributed by atoms with Crippen LogP contribution in [0.15, 0.2) is 11.1 Å². The first kappa shape index (κ1) is 18.4. The number of fused-ring (bicyclic) bond motifs is 1. The number of nitrogens with one attached hydrogen (secondary N) is 1. The fourth-order valence-corrected chi connectivity index (χ4v) is 2.96. The average molecular weight is 397 g/mol. The van der Waals surface area contributed by atoms with Crippen molar-refractivity contribution < 1.29 is 33.8 Å². The van der Waals surface area contributed by atoms with Crippen LogP contribution in [-0.2, 0) is 19.7 Å². The lowest BCUT2D eigenvalue weighted by Gasteiger charge is -2.16. The lowest BCUT2D eigenvalue weighted by molar-refractivity contribution is -0.0504. The van der Waals surface area contributed by atoms with E-state index in [4.69, 9.17) is 26.1 Å². The maximum Gasteiger partial charge on any atom is 0.469 e. The minimum Gasteiger partial charge on any atom is -0.387 e. The van der Waals surface area contributed by atoms with Crippen LogP contribution in [0.2, 0.25) is 0 Å². The van der Waals surface area contributed by atoms with Crippen LogP contribution in [0, 0.1) is 0 Å².